The van der Waals surface area contributed by atoms with E-state index in [2.05, 4.69) is 0 Å². The number of Topliss-reactive ketones (excluding diaryl/α,β-unsaturated/α-hetero) is 1. The van der Waals surface area contributed by atoms with Crippen molar-refractivity contribution in [3.63, 3.8) is 0 Å². The number of para-hydroxylation sites is 1. The van der Waals surface area contributed by atoms with Crippen molar-refractivity contribution < 1.29 is 9.59 Å². The van der Waals surface area contributed by atoms with Gasteiger partial charge in [0, 0.05) is 16.2 Å². The molecule has 1 heterocycles. The normalized spacial score (nSPS) is 16.8. The zero-order valence-electron chi connectivity index (χ0n) is 16.3. The Hall–Kier alpha value is -2.24. The van der Waals surface area contributed by atoms with Crippen molar-refractivity contribution in [2.24, 2.45) is 0 Å². The third kappa shape index (κ3) is 4.26. The highest BCUT2D eigenvalue weighted by Crippen LogP contribution is 2.42. The number of rotatable bonds is 4. The molecule has 0 radical (unpaired) electrons. The van der Waals surface area contributed by atoms with Crippen LogP contribution in [-0.4, -0.2) is 16.9 Å². The number of ketones is 1. The summed E-state index contributed by atoms with van der Waals surface area (Å²) in [6.45, 7) is 1.75. The Kier molecular flexibility index (Phi) is 6.44. The van der Waals surface area contributed by atoms with Gasteiger partial charge in [0.2, 0.25) is 0 Å². The van der Waals surface area contributed by atoms with Crippen LogP contribution in [-0.2, 0) is 9.59 Å². The Morgan fingerprint density at radius 1 is 0.806 bits per heavy atom. The van der Waals surface area contributed by atoms with Crippen molar-refractivity contribution in [3.8, 4) is 0 Å². The Labute approximate surface area is 199 Å². The molecule has 0 aromatic heterocycles. The highest BCUT2D eigenvalue weighted by Gasteiger charge is 2.41. The van der Waals surface area contributed by atoms with E-state index >= 15 is 0 Å². The lowest BCUT2D eigenvalue weighted by molar-refractivity contribution is -0.124. The van der Waals surface area contributed by atoms with Gasteiger partial charge in [-0.3, -0.25) is 14.5 Å². The van der Waals surface area contributed by atoms with Crippen LogP contribution in [0.4, 0.5) is 5.69 Å². The number of benzene rings is 3. The summed E-state index contributed by atoms with van der Waals surface area (Å²) in [5, 5.41) is -0.0451. The van der Waals surface area contributed by atoms with Gasteiger partial charge in [0.25, 0.3) is 5.91 Å². The van der Waals surface area contributed by atoms with Gasteiger partial charge < -0.3 is 0 Å². The number of hydrogen-bond acceptors (Lipinski definition) is 3. The Bertz CT molecular complexity index is 1200. The number of anilines is 1. The molecule has 0 aliphatic carbocycles. The Morgan fingerprint density at radius 3 is 2.03 bits per heavy atom. The molecule has 0 saturated heterocycles. The largest absolute Gasteiger partial charge is 0.293 e. The van der Waals surface area contributed by atoms with E-state index in [1.807, 2.05) is 60.7 Å². The van der Waals surface area contributed by atoms with Gasteiger partial charge in [-0.15, -0.1) is 11.8 Å². The minimum atomic E-state index is -0.998. The maximum atomic E-state index is 13.7. The first-order valence-electron chi connectivity index (χ1n) is 9.39. The standard InChI is InChI=1S/C24H16Cl3NO2S/c1-14-21(15-8-4-2-5-9-15)28(16-10-6-3-7-11-16)24(30)23(22(14)29)31-20-13-18(26)17(25)12-19(20)27/h2-13,23H,1H3. The number of thioether (sulfide) groups is 1. The van der Waals surface area contributed by atoms with Crippen molar-refractivity contribution in [2.75, 3.05) is 4.90 Å². The van der Waals surface area contributed by atoms with Crippen LogP contribution in [0.25, 0.3) is 5.70 Å². The monoisotopic (exact) mass is 487 g/mol. The number of nitrogens with zero attached hydrogens (tertiary/aromatic N) is 1. The second-order valence-electron chi connectivity index (χ2n) is 6.91. The van der Waals surface area contributed by atoms with Crippen molar-refractivity contribution in [1.82, 2.24) is 0 Å². The zero-order chi connectivity index (χ0) is 22.1. The van der Waals surface area contributed by atoms with Crippen LogP contribution < -0.4 is 4.90 Å². The van der Waals surface area contributed by atoms with E-state index < -0.39 is 5.25 Å². The van der Waals surface area contributed by atoms with Gasteiger partial charge >= 0.3 is 0 Å². The minimum Gasteiger partial charge on any atom is -0.293 e. The molecule has 1 atom stereocenters. The lowest BCUT2D eigenvalue weighted by Crippen LogP contribution is -2.46. The SMILES string of the molecule is CC1=C(c2ccccc2)N(c2ccccc2)C(=O)C(Sc2cc(Cl)c(Cl)cc2Cl)C1=O. The third-order valence-corrected chi connectivity index (χ3v) is 7.30. The topological polar surface area (TPSA) is 37.4 Å². The molecule has 3 aromatic carbocycles. The van der Waals surface area contributed by atoms with E-state index in [1.54, 1.807) is 17.9 Å². The molecule has 3 aromatic rings. The van der Waals surface area contributed by atoms with E-state index in [-0.39, 0.29) is 11.7 Å². The summed E-state index contributed by atoms with van der Waals surface area (Å²) in [7, 11) is 0. The molecule has 1 aliphatic heterocycles. The number of amides is 1. The van der Waals surface area contributed by atoms with Crippen LogP contribution in [0.15, 0.2) is 83.3 Å². The molecular weight excluding hydrogens is 473 g/mol. The molecule has 0 bridgehead atoms. The molecule has 4 rings (SSSR count). The summed E-state index contributed by atoms with van der Waals surface area (Å²) in [5.41, 5.74) is 2.56. The summed E-state index contributed by atoms with van der Waals surface area (Å²) >= 11 is 19.6. The predicted molar refractivity (Wildman–Crippen MR) is 129 cm³/mol. The highest BCUT2D eigenvalue weighted by molar-refractivity contribution is 8.01. The van der Waals surface area contributed by atoms with Gasteiger partial charge in [0.15, 0.2) is 11.0 Å². The van der Waals surface area contributed by atoms with Gasteiger partial charge in [0.1, 0.15) is 0 Å². The van der Waals surface area contributed by atoms with E-state index in [4.69, 9.17) is 34.8 Å². The molecule has 3 nitrogen and oxygen atoms in total. The molecule has 0 N–H and O–H groups in total. The second kappa shape index (κ2) is 9.09. The van der Waals surface area contributed by atoms with Crippen molar-refractivity contribution in [3.05, 3.63) is 99.0 Å². The highest BCUT2D eigenvalue weighted by atomic mass is 35.5. The fourth-order valence-corrected chi connectivity index (χ4v) is 5.27. The van der Waals surface area contributed by atoms with Crippen LogP contribution >= 0.6 is 46.6 Å². The molecule has 1 amide bonds. The van der Waals surface area contributed by atoms with Gasteiger partial charge in [-0.05, 0) is 36.8 Å². The first-order chi connectivity index (χ1) is 14.9. The molecule has 156 valence electrons. The van der Waals surface area contributed by atoms with Crippen molar-refractivity contribution in [2.45, 2.75) is 17.1 Å². The van der Waals surface area contributed by atoms with Crippen LogP contribution in [0.2, 0.25) is 15.1 Å². The molecule has 7 heteroatoms. The lowest BCUT2D eigenvalue weighted by Gasteiger charge is -2.34. The summed E-state index contributed by atoms with van der Waals surface area (Å²) < 4.78 is 0. The van der Waals surface area contributed by atoms with E-state index in [1.165, 1.54) is 6.07 Å². The average Bonchev–Trinajstić information content (AvgIpc) is 2.78. The van der Waals surface area contributed by atoms with Crippen LogP contribution in [0.1, 0.15) is 12.5 Å². The lowest BCUT2D eigenvalue weighted by atomic mass is 9.95. The third-order valence-electron chi connectivity index (χ3n) is 4.91. The molecule has 0 spiro atoms. The Morgan fingerprint density at radius 2 is 1.39 bits per heavy atom. The number of carbonyl (C=O) groups is 2. The van der Waals surface area contributed by atoms with Gasteiger partial charge in [-0.2, -0.15) is 0 Å². The quantitative estimate of drug-likeness (QED) is 0.289. The average molecular weight is 489 g/mol. The summed E-state index contributed by atoms with van der Waals surface area (Å²) in [5.74, 6) is -0.601. The van der Waals surface area contributed by atoms with Crippen LogP contribution in [0, 0.1) is 0 Å². The molecular formula is C24H16Cl3NO2S. The van der Waals surface area contributed by atoms with Gasteiger partial charge in [0.05, 0.1) is 20.8 Å². The number of allylic oxidation sites excluding steroid dienone is 1. The van der Waals surface area contributed by atoms with Gasteiger partial charge in [-0.25, -0.2) is 0 Å². The molecule has 1 unspecified atom stereocenters. The Balaban J connectivity index is 1.84. The predicted octanol–water partition coefficient (Wildman–Crippen LogP) is 7.15. The second-order valence-corrected chi connectivity index (χ2v) is 9.28. The molecule has 31 heavy (non-hydrogen) atoms. The first kappa shape index (κ1) is 22.0. The fourth-order valence-electron chi connectivity index (χ4n) is 3.42. The zero-order valence-corrected chi connectivity index (χ0v) is 19.4. The van der Waals surface area contributed by atoms with Crippen LogP contribution in [0.5, 0.6) is 0 Å². The van der Waals surface area contributed by atoms with E-state index in [9.17, 15) is 9.59 Å². The summed E-state index contributed by atoms with van der Waals surface area (Å²) in [4.78, 5) is 29.1. The molecule has 1 aliphatic rings. The maximum Gasteiger partial charge on any atom is 0.253 e. The van der Waals surface area contributed by atoms with E-state index in [0.29, 0.717) is 36.9 Å². The van der Waals surface area contributed by atoms with Crippen molar-refractivity contribution in [1.29, 1.82) is 0 Å². The first-order valence-corrected chi connectivity index (χ1v) is 11.4. The molecule has 0 fully saturated rings. The minimum absolute atomic E-state index is 0.261. The maximum absolute atomic E-state index is 13.7. The van der Waals surface area contributed by atoms with Crippen LogP contribution in [0.3, 0.4) is 0 Å². The van der Waals surface area contributed by atoms with E-state index in [0.717, 1.165) is 17.3 Å². The fraction of sp³-hybridized carbons (Fsp3) is 0.0833. The number of carbonyl (C=O) groups excluding carboxylic acids is 2. The van der Waals surface area contributed by atoms with Gasteiger partial charge in [-0.1, -0.05) is 83.3 Å². The molecule has 0 saturated carbocycles. The number of halogens is 3. The summed E-state index contributed by atoms with van der Waals surface area (Å²) in [6, 6.07) is 21.8. The number of hydrogen-bond donors (Lipinski definition) is 0. The smallest absolute Gasteiger partial charge is 0.253 e. The summed E-state index contributed by atoms with van der Waals surface area (Å²) in [6.07, 6.45) is 0. The van der Waals surface area contributed by atoms with Crippen molar-refractivity contribution >= 4 is 69.6 Å².